The van der Waals surface area contributed by atoms with Crippen LogP contribution in [0.4, 0.5) is 5.82 Å². The van der Waals surface area contributed by atoms with Crippen molar-refractivity contribution >= 4 is 23.5 Å². The number of anilines is 1. The van der Waals surface area contributed by atoms with Crippen LogP contribution in [0.1, 0.15) is 40.5 Å². The molecular formula is C18H21N3O5. The summed E-state index contributed by atoms with van der Waals surface area (Å²) < 4.78 is 11.5. The lowest BCUT2D eigenvalue weighted by atomic mass is 10.1. The van der Waals surface area contributed by atoms with Crippen LogP contribution in [0.3, 0.4) is 0 Å². The van der Waals surface area contributed by atoms with Gasteiger partial charge in [0.1, 0.15) is 17.1 Å². The quantitative estimate of drug-likeness (QED) is 0.573. The number of rotatable bonds is 8. The molecule has 0 atom stereocenters. The molecule has 0 saturated carbocycles. The van der Waals surface area contributed by atoms with Crippen LogP contribution >= 0.6 is 0 Å². The predicted molar refractivity (Wildman–Crippen MR) is 94.4 cm³/mol. The van der Waals surface area contributed by atoms with E-state index in [2.05, 4.69) is 10.4 Å². The standard InChI is InChI=1S/C18H21N3O5/c1-4-26-18(24)13-11-19-21(2)17(13)20-16(23)10-9-14(22)12-7-5-6-8-15(12)25-3/h5-8,11H,4,9-10H2,1-3H3,(H,20,23). The zero-order valence-electron chi connectivity index (χ0n) is 14.9. The molecule has 2 aromatic rings. The first-order valence-corrected chi connectivity index (χ1v) is 8.13. The van der Waals surface area contributed by atoms with Crippen molar-refractivity contribution in [1.82, 2.24) is 9.78 Å². The van der Waals surface area contributed by atoms with Gasteiger partial charge in [0.05, 0.1) is 25.5 Å². The smallest absolute Gasteiger partial charge is 0.343 e. The highest BCUT2D eigenvalue weighted by Crippen LogP contribution is 2.20. The van der Waals surface area contributed by atoms with Crippen LogP contribution in [0.5, 0.6) is 5.75 Å². The van der Waals surface area contributed by atoms with Crippen LogP contribution in [-0.4, -0.2) is 41.2 Å². The summed E-state index contributed by atoms with van der Waals surface area (Å²) in [6, 6.07) is 6.84. The first kappa shape index (κ1) is 19.2. The fraction of sp³-hybridized carbons (Fsp3) is 0.333. The number of nitrogens with one attached hydrogen (secondary N) is 1. The Morgan fingerprint density at radius 1 is 1.15 bits per heavy atom. The molecule has 8 nitrogen and oxygen atoms in total. The molecule has 1 amide bonds. The molecule has 8 heteroatoms. The third-order valence-corrected chi connectivity index (χ3v) is 3.68. The molecule has 0 saturated heterocycles. The molecule has 1 aromatic heterocycles. The van der Waals surface area contributed by atoms with E-state index in [1.165, 1.54) is 18.0 Å². The molecule has 0 bridgehead atoms. The van der Waals surface area contributed by atoms with Crippen LogP contribution in [0.2, 0.25) is 0 Å². The van der Waals surface area contributed by atoms with E-state index < -0.39 is 11.9 Å². The number of methoxy groups -OCH3 is 1. The van der Waals surface area contributed by atoms with Crippen molar-refractivity contribution in [2.24, 2.45) is 7.05 Å². The first-order valence-electron chi connectivity index (χ1n) is 8.13. The predicted octanol–water partition coefficient (Wildman–Crippen LogP) is 2.21. The van der Waals surface area contributed by atoms with Gasteiger partial charge < -0.3 is 14.8 Å². The number of aryl methyl sites for hydroxylation is 1. The number of ether oxygens (including phenoxy) is 2. The molecular weight excluding hydrogens is 338 g/mol. The van der Waals surface area contributed by atoms with Crippen molar-refractivity contribution in [3.63, 3.8) is 0 Å². The van der Waals surface area contributed by atoms with E-state index in [9.17, 15) is 14.4 Å². The summed E-state index contributed by atoms with van der Waals surface area (Å²) in [6.45, 7) is 1.91. The summed E-state index contributed by atoms with van der Waals surface area (Å²) in [5.41, 5.74) is 0.592. The number of esters is 1. The number of hydrogen-bond acceptors (Lipinski definition) is 6. The van der Waals surface area contributed by atoms with Crippen LogP contribution < -0.4 is 10.1 Å². The van der Waals surface area contributed by atoms with Crippen molar-refractivity contribution in [1.29, 1.82) is 0 Å². The number of nitrogens with zero attached hydrogens (tertiary/aromatic N) is 2. The zero-order chi connectivity index (χ0) is 19.1. The van der Waals surface area contributed by atoms with Crippen LogP contribution in [-0.2, 0) is 16.6 Å². The lowest BCUT2D eigenvalue weighted by Gasteiger charge is -2.09. The van der Waals surface area contributed by atoms with Gasteiger partial charge in [-0.2, -0.15) is 5.10 Å². The third-order valence-electron chi connectivity index (χ3n) is 3.68. The molecule has 0 radical (unpaired) electrons. The van der Waals surface area contributed by atoms with E-state index in [-0.39, 0.29) is 36.6 Å². The lowest BCUT2D eigenvalue weighted by Crippen LogP contribution is -2.18. The minimum absolute atomic E-state index is 0.0127. The minimum atomic E-state index is -0.569. The van der Waals surface area contributed by atoms with Gasteiger partial charge in [0, 0.05) is 19.9 Å². The van der Waals surface area contributed by atoms with Crippen molar-refractivity contribution in [2.45, 2.75) is 19.8 Å². The fourth-order valence-corrected chi connectivity index (χ4v) is 2.38. The van der Waals surface area contributed by atoms with Crippen LogP contribution in [0.15, 0.2) is 30.5 Å². The highest BCUT2D eigenvalue weighted by atomic mass is 16.5. The second-order valence-corrected chi connectivity index (χ2v) is 5.42. The molecule has 0 spiro atoms. The van der Waals surface area contributed by atoms with E-state index in [1.807, 2.05) is 0 Å². The summed E-state index contributed by atoms with van der Waals surface area (Å²) in [5, 5.41) is 6.57. The summed E-state index contributed by atoms with van der Waals surface area (Å²) in [5.74, 6) is -0.469. The van der Waals surface area contributed by atoms with Gasteiger partial charge in [-0.1, -0.05) is 12.1 Å². The van der Waals surface area contributed by atoms with Crippen LogP contribution in [0.25, 0.3) is 0 Å². The lowest BCUT2D eigenvalue weighted by molar-refractivity contribution is -0.116. The summed E-state index contributed by atoms with van der Waals surface area (Å²) in [6.07, 6.45) is 1.30. The summed E-state index contributed by atoms with van der Waals surface area (Å²) >= 11 is 0. The van der Waals surface area contributed by atoms with Gasteiger partial charge in [-0.05, 0) is 19.1 Å². The first-order chi connectivity index (χ1) is 12.5. The van der Waals surface area contributed by atoms with Gasteiger partial charge in [-0.25, -0.2) is 4.79 Å². The van der Waals surface area contributed by atoms with Crippen molar-refractivity contribution in [3.05, 3.63) is 41.6 Å². The molecule has 0 unspecified atom stereocenters. The number of aromatic nitrogens is 2. The fourth-order valence-electron chi connectivity index (χ4n) is 2.38. The maximum absolute atomic E-state index is 12.3. The van der Waals surface area contributed by atoms with Gasteiger partial charge >= 0.3 is 5.97 Å². The Kier molecular flexibility index (Phi) is 6.48. The average molecular weight is 359 g/mol. The van der Waals surface area contributed by atoms with Gasteiger partial charge in [-0.3, -0.25) is 14.3 Å². The van der Waals surface area contributed by atoms with Gasteiger partial charge in [0.15, 0.2) is 5.78 Å². The number of hydrogen-bond donors (Lipinski definition) is 1. The highest BCUT2D eigenvalue weighted by molar-refractivity contribution is 6.03. The van der Waals surface area contributed by atoms with E-state index >= 15 is 0 Å². The number of ketones is 1. The molecule has 1 aromatic carbocycles. The number of Topliss-reactive ketones (excluding diaryl/α,β-unsaturated/α-hetero) is 1. The number of para-hydroxylation sites is 1. The number of carbonyl (C=O) groups excluding carboxylic acids is 3. The topological polar surface area (TPSA) is 99.5 Å². The van der Waals surface area contributed by atoms with Gasteiger partial charge in [-0.15, -0.1) is 0 Å². The normalized spacial score (nSPS) is 10.3. The molecule has 1 heterocycles. The SMILES string of the molecule is CCOC(=O)c1cnn(C)c1NC(=O)CCC(=O)c1ccccc1OC. The zero-order valence-corrected chi connectivity index (χ0v) is 14.9. The van der Waals surface area contributed by atoms with E-state index in [0.717, 1.165) is 0 Å². The largest absolute Gasteiger partial charge is 0.496 e. The Balaban J connectivity index is 2.00. The Hall–Kier alpha value is -3.16. The average Bonchev–Trinajstić information content (AvgIpc) is 3.00. The Bertz CT molecular complexity index is 813. The van der Waals surface area contributed by atoms with E-state index in [0.29, 0.717) is 11.3 Å². The van der Waals surface area contributed by atoms with E-state index in [1.54, 1.807) is 38.2 Å². The second kappa shape index (κ2) is 8.80. The second-order valence-electron chi connectivity index (χ2n) is 5.42. The Morgan fingerprint density at radius 2 is 1.88 bits per heavy atom. The minimum Gasteiger partial charge on any atom is -0.496 e. The maximum Gasteiger partial charge on any atom is 0.343 e. The maximum atomic E-state index is 12.3. The van der Waals surface area contributed by atoms with E-state index in [4.69, 9.17) is 9.47 Å². The molecule has 2 rings (SSSR count). The molecule has 138 valence electrons. The number of carbonyl (C=O) groups is 3. The monoisotopic (exact) mass is 359 g/mol. The van der Waals surface area contributed by atoms with Crippen molar-refractivity contribution in [3.8, 4) is 5.75 Å². The Labute approximate surface area is 151 Å². The molecule has 0 aliphatic carbocycles. The van der Waals surface area contributed by atoms with Gasteiger partial charge in [0.25, 0.3) is 0 Å². The summed E-state index contributed by atoms with van der Waals surface area (Å²) in [7, 11) is 3.08. The number of amides is 1. The highest BCUT2D eigenvalue weighted by Gasteiger charge is 2.20. The molecule has 0 aliphatic rings. The molecule has 26 heavy (non-hydrogen) atoms. The molecule has 0 fully saturated rings. The van der Waals surface area contributed by atoms with Crippen molar-refractivity contribution < 1.29 is 23.9 Å². The van der Waals surface area contributed by atoms with Gasteiger partial charge in [0.2, 0.25) is 5.91 Å². The van der Waals surface area contributed by atoms with Crippen molar-refractivity contribution in [2.75, 3.05) is 19.0 Å². The Morgan fingerprint density at radius 3 is 2.58 bits per heavy atom. The summed E-state index contributed by atoms with van der Waals surface area (Å²) in [4.78, 5) is 36.4. The number of benzene rings is 1. The molecule has 0 aliphatic heterocycles. The third kappa shape index (κ3) is 4.47. The molecule has 1 N–H and O–H groups in total. The van der Waals surface area contributed by atoms with Crippen LogP contribution in [0, 0.1) is 0 Å².